The number of ether oxygens (including phenoxy) is 1. The Labute approximate surface area is 107 Å². The smallest absolute Gasteiger partial charge is 0.150 e. The van der Waals surface area contributed by atoms with Crippen LogP contribution in [0.4, 0.5) is 0 Å². The Kier molecular flexibility index (Phi) is 3.71. The summed E-state index contributed by atoms with van der Waals surface area (Å²) in [4.78, 5) is 11.3. The first-order chi connectivity index (χ1) is 8.57. The van der Waals surface area contributed by atoms with Gasteiger partial charge in [-0.1, -0.05) is 18.2 Å². The van der Waals surface area contributed by atoms with E-state index in [1.165, 1.54) is 0 Å². The summed E-state index contributed by atoms with van der Waals surface area (Å²) in [5, 5.41) is 0. The number of sulfone groups is 1. The lowest BCUT2D eigenvalue weighted by Gasteiger charge is -2.19. The third-order valence-corrected chi connectivity index (χ3v) is 5.21. The molecule has 0 amide bonds. The number of methoxy groups -OCH3 is 1. The van der Waals surface area contributed by atoms with Gasteiger partial charge >= 0.3 is 0 Å². The largest absolute Gasteiger partial charge is 0.496 e. The number of carbonyl (C=O) groups is 1. The van der Waals surface area contributed by atoms with Gasteiger partial charge in [0.25, 0.3) is 0 Å². The predicted molar refractivity (Wildman–Crippen MR) is 68.6 cm³/mol. The molecule has 0 radical (unpaired) electrons. The van der Waals surface area contributed by atoms with E-state index < -0.39 is 15.8 Å². The molecule has 1 heterocycles. The molecule has 1 aromatic rings. The van der Waals surface area contributed by atoms with Gasteiger partial charge in [0.15, 0.2) is 9.84 Å². The van der Waals surface area contributed by atoms with E-state index in [0.717, 1.165) is 11.8 Å². The van der Waals surface area contributed by atoms with E-state index in [9.17, 15) is 13.2 Å². The van der Waals surface area contributed by atoms with E-state index in [2.05, 4.69) is 0 Å². The van der Waals surface area contributed by atoms with Crippen LogP contribution in [0.2, 0.25) is 0 Å². The standard InChI is InChI=1S/C13H16O4S/c1-17-13-5-3-2-4-11(13)12(8-14)10-6-7-18(15,16)9-10/h2-5,8,10,12H,6-7,9H2,1H3. The number of para-hydroxylation sites is 1. The SMILES string of the molecule is COc1ccccc1C(C=O)C1CCS(=O)(=O)C1. The summed E-state index contributed by atoms with van der Waals surface area (Å²) >= 11 is 0. The predicted octanol–water partition coefficient (Wildman–Crippen LogP) is 1.41. The number of hydrogen-bond donors (Lipinski definition) is 0. The summed E-state index contributed by atoms with van der Waals surface area (Å²) in [6.45, 7) is 0. The molecular weight excluding hydrogens is 252 g/mol. The van der Waals surface area contributed by atoms with Crippen molar-refractivity contribution in [1.29, 1.82) is 0 Å². The zero-order valence-corrected chi connectivity index (χ0v) is 11.0. The van der Waals surface area contributed by atoms with Gasteiger partial charge in [0.1, 0.15) is 12.0 Å². The molecule has 0 aromatic heterocycles. The Balaban J connectivity index is 2.32. The molecule has 2 rings (SSSR count). The molecule has 0 aliphatic carbocycles. The summed E-state index contributed by atoms with van der Waals surface area (Å²) in [7, 11) is -1.43. The van der Waals surface area contributed by atoms with E-state index in [-0.39, 0.29) is 17.4 Å². The fraction of sp³-hybridized carbons (Fsp3) is 0.462. The molecule has 5 heteroatoms. The first kappa shape index (κ1) is 13.1. The quantitative estimate of drug-likeness (QED) is 0.775. The highest BCUT2D eigenvalue weighted by atomic mass is 32.2. The molecule has 1 fully saturated rings. The average Bonchev–Trinajstić information content (AvgIpc) is 2.71. The Morgan fingerprint density at radius 3 is 2.67 bits per heavy atom. The molecule has 1 aliphatic heterocycles. The molecule has 0 N–H and O–H groups in total. The van der Waals surface area contributed by atoms with Crippen molar-refractivity contribution in [3.63, 3.8) is 0 Å². The summed E-state index contributed by atoms with van der Waals surface area (Å²) in [5.74, 6) is 0.368. The molecule has 1 aliphatic rings. The monoisotopic (exact) mass is 268 g/mol. The number of carbonyl (C=O) groups excluding carboxylic acids is 1. The van der Waals surface area contributed by atoms with E-state index in [0.29, 0.717) is 12.2 Å². The van der Waals surface area contributed by atoms with E-state index in [1.807, 2.05) is 18.2 Å². The van der Waals surface area contributed by atoms with Gasteiger partial charge in [-0.15, -0.1) is 0 Å². The fourth-order valence-electron chi connectivity index (χ4n) is 2.49. The third kappa shape index (κ3) is 2.56. The van der Waals surface area contributed by atoms with Crippen molar-refractivity contribution in [1.82, 2.24) is 0 Å². The average molecular weight is 268 g/mol. The maximum atomic E-state index is 11.5. The van der Waals surface area contributed by atoms with Crippen LogP contribution in [0.3, 0.4) is 0 Å². The van der Waals surface area contributed by atoms with Crippen LogP contribution in [0, 0.1) is 5.92 Å². The lowest BCUT2D eigenvalue weighted by Crippen LogP contribution is -2.16. The molecule has 98 valence electrons. The van der Waals surface area contributed by atoms with Crippen molar-refractivity contribution in [3.05, 3.63) is 29.8 Å². The van der Waals surface area contributed by atoms with E-state index >= 15 is 0 Å². The Bertz CT molecular complexity index is 536. The summed E-state index contributed by atoms with van der Waals surface area (Å²) in [5.41, 5.74) is 0.775. The van der Waals surface area contributed by atoms with Crippen molar-refractivity contribution >= 4 is 16.1 Å². The lowest BCUT2D eigenvalue weighted by atomic mass is 9.86. The minimum Gasteiger partial charge on any atom is -0.496 e. The molecule has 0 spiro atoms. The first-order valence-electron chi connectivity index (χ1n) is 5.86. The Morgan fingerprint density at radius 1 is 1.39 bits per heavy atom. The molecule has 1 saturated heterocycles. The van der Waals surface area contributed by atoms with Crippen LogP contribution >= 0.6 is 0 Å². The van der Waals surface area contributed by atoms with Crippen LogP contribution in [-0.4, -0.2) is 33.3 Å². The van der Waals surface area contributed by atoms with Gasteiger partial charge in [-0.2, -0.15) is 0 Å². The minimum atomic E-state index is -2.98. The number of hydrogen-bond acceptors (Lipinski definition) is 4. The van der Waals surface area contributed by atoms with Crippen molar-refractivity contribution in [2.75, 3.05) is 18.6 Å². The van der Waals surface area contributed by atoms with Crippen molar-refractivity contribution in [2.45, 2.75) is 12.3 Å². The number of aldehydes is 1. The molecule has 18 heavy (non-hydrogen) atoms. The lowest BCUT2D eigenvalue weighted by molar-refractivity contribution is -0.109. The van der Waals surface area contributed by atoms with Gasteiger partial charge in [-0.25, -0.2) is 8.42 Å². The van der Waals surface area contributed by atoms with Crippen LogP contribution in [0.15, 0.2) is 24.3 Å². The maximum Gasteiger partial charge on any atom is 0.150 e. The fourth-order valence-corrected chi connectivity index (χ4v) is 4.34. The van der Waals surface area contributed by atoms with Crippen molar-refractivity contribution in [3.8, 4) is 5.75 Å². The van der Waals surface area contributed by atoms with Gasteiger partial charge in [-0.3, -0.25) is 0 Å². The highest BCUT2D eigenvalue weighted by Gasteiger charge is 2.35. The maximum absolute atomic E-state index is 11.5. The van der Waals surface area contributed by atoms with Crippen LogP contribution in [0.5, 0.6) is 5.75 Å². The van der Waals surface area contributed by atoms with E-state index in [4.69, 9.17) is 4.74 Å². The molecule has 4 nitrogen and oxygen atoms in total. The third-order valence-electron chi connectivity index (χ3n) is 3.42. The van der Waals surface area contributed by atoms with E-state index in [1.54, 1.807) is 13.2 Å². The second-order valence-corrected chi connectivity index (χ2v) is 6.80. The van der Waals surface area contributed by atoms with Crippen LogP contribution in [0.1, 0.15) is 17.9 Å². The summed E-state index contributed by atoms with van der Waals surface area (Å²) in [6, 6.07) is 7.27. The van der Waals surface area contributed by atoms with Gasteiger partial charge in [-0.05, 0) is 18.4 Å². The van der Waals surface area contributed by atoms with Crippen LogP contribution < -0.4 is 4.74 Å². The van der Waals surface area contributed by atoms with Gasteiger partial charge < -0.3 is 9.53 Å². The number of benzene rings is 1. The molecule has 1 aromatic carbocycles. The van der Waals surface area contributed by atoms with Gasteiger partial charge in [0.05, 0.1) is 18.6 Å². The highest BCUT2D eigenvalue weighted by molar-refractivity contribution is 7.91. The zero-order chi connectivity index (χ0) is 13.2. The highest BCUT2D eigenvalue weighted by Crippen LogP contribution is 2.36. The minimum absolute atomic E-state index is 0.0917. The second-order valence-electron chi connectivity index (χ2n) is 4.57. The van der Waals surface area contributed by atoms with Gasteiger partial charge in [0, 0.05) is 11.5 Å². The zero-order valence-electron chi connectivity index (χ0n) is 10.2. The normalized spacial score (nSPS) is 23.5. The topological polar surface area (TPSA) is 60.4 Å². The second kappa shape index (κ2) is 5.10. The summed E-state index contributed by atoms with van der Waals surface area (Å²) < 4.78 is 28.2. The van der Waals surface area contributed by atoms with Crippen molar-refractivity contribution in [2.24, 2.45) is 5.92 Å². The molecule has 2 atom stereocenters. The van der Waals surface area contributed by atoms with Gasteiger partial charge in [0.2, 0.25) is 0 Å². The molecular formula is C13H16O4S. The summed E-state index contributed by atoms with van der Waals surface area (Å²) in [6.07, 6.45) is 1.38. The van der Waals surface area contributed by atoms with Crippen LogP contribution in [0.25, 0.3) is 0 Å². The van der Waals surface area contributed by atoms with Crippen LogP contribution in [-0.2, 0) is 14.6 Å². The Hall–Kier alpha value is -1.36. The molecule has 0 bridgehead atoms. The van der Waals surface area contributed by atoms with Crippen molar-refractivity contribution < 1.29 is 17.9 Å². The Morgan fingerprint density at radius 2 is 2.11 bits per heavy atom. The first-order valence-corrected chi connectivity index (χ1v) is 7.68. The molecule has 2 unspecified atom stereocenters. The number of rotatable bonds is 4. The molecule has 0 saturated carbocycles.